The van der Waals surface area contributed by atoms with E-state index in [4.69, 9.17) is 0 Å². The van der Waals surface area contributed by atoms with Gasteiger partial charge in [-0.15, -0.1) is 0 Å². The Bertz CT molecular complexity index is 73.3. The second-order valence-electron chi connectivity index (χ2n) is 2.29. The lowest BCUT2D eigenvalue weighted by Crippen LogP contribution is -2.20. The number of rotatable bonds is 5. The molecule has 1 atom stereocenters. The molecule has 0 bridgehead atoms. The highest BCUT2D eigenvalue weighted by Crippen LogP contribution is 1.96. The second kappa shape index (κ2) is 5.76. The molecule has 9 heavy (non-hydrogen) atoms. The number of hydrogen-bond donors (Lipinski definition) is 1. The van der Waals surface area contributed by atoms with E-state index in [1.165, 1.54) is 0 Å². The number of carbonyl (C=O) groups excluding carboxylic acids is 1. The van der Waals surface area contributed by atoms with Crippen LogP contribution < -0.4 is 5.32 Å². The lowest BCUT2D eigenvalue weighted by atomic mass is 10.1. The smallest absolute Gasteiger partial charge is 0.119 e. The number of unbranched alkanes of at least 4 members (excludes halogenated alkanes) is 1. The van der Waals surface area contributed by atoms with Crippen molar-refractivity contribution in [3.63, 3.8) is 0 Å². The third-order valence-corrected chi connectivity index (χ3v) is 1.45. The molecule has 2 heteroatoms. The van der Waals surface area contributed by atoms with E-state index >= 15 is 0 Å². The fourth-order valence-corrected chi connectivity index (χ4v) is 0.652. The molecule has 0 spiro atoms. The monoisotopic (exact) mass is 129 g/mol. The zero-order valence-electron chi connectivity index (χ0n) is 6.18. The number of hydrogen-bond acceptors (Lipinski definition) is 2. The average molecular weight is 129 g/mol. The maximum atomic E-state index is 9.85. The van der Waals surface area contributed by atoms with Crippen molar-refractivity contribution in [2.24, 2.45) is 0 Å². The predicted octanol–water partition coefficient (Wildman–Crippen LogP) is 0.963. The fourth-order valence-electron chi connectivity index (χ4n) is 0.652. The molecule has 0 aliphatic rings. The molecule has 0 aliphatic heterocycles. The van der Waals surface area contributed by atoms with Crippen LogP contribution in [0.1, 0.15) is 26.2 Å². The molecule has 0 amide bonds. The molecule has 0 saturated carbocycles. The summed E-state index contributed by atoms with van der Waals surface area (Å²) < 4.78 is 0. The highest BCUT2D eigenvalue weighted by Gasteiger charge is 1.94. The molecule has 0 aromatic carbocycles. The van der Waals surface area contributed by atoms with Gasteiger partial charge in [0.2, 0.25) is 0 Å². The maximum absolute atomic E-state index is 9.85. The molecule has 2 nitrogen and oxygen atoms in total. The molecular formula is C7H15NO. The van der Waals surface area contributed by atoms with Crippen LogP contribution in [-0.4, -0.2) is 19.4 Å². The molecular weight excluding hydrogens is 114 g/mol. The minimum Gasteiger partial charge on any atom is -0.317 e. The minimum absolute atomic E-state index is 0.546. The lowest BCUT2D eigenvalue weighted by Gasteiger charge is -2.06. The van der Waals surface area contributed by atoms with E-state index in [9.17, 15) is 4.79 Å². The van der Waals surface area contributed by atoms with Crippen LogP contribution in [0.5, 0.6) is 0 Å². The summed E-state index contributed by atoms with van der Waals surface area (Å²) in [6.45, 7) is 2.12. The van der Waals surface area contributed by atoms with Crippen molar-refractivity contribution >= 4 is 6.29 Å². The quantitative estimate of drug-likeness (QED) is 0.442. The SMILES string of the molecule is CN[C@H](C)CCCC=O. The Morgan fingerprint density at radius 2 is 2.33 bits per heavy atom. The summed E-state index contributed by atoms with van der Waals surface area (Å²) in [5.74, 6) is 0. The van der Waals surface area contributed by atoms with Crippen LogP contribution in [0.4, 0.5) is 0 Å². The Labute approximate surface area is 56.6 Å². The van der Waals surface area contributed by atoms with Gasteiger partial charge in [-0.1, -0.05) is 0 Å². The lowest BCUT2D eigenvalue weighted by molar-refractivity contribution is -0.107. The van der Waals surface area contributed by atoms with Crippen molar-refractivity contribution < 1.29 is 4.79 Å². The molecule has 1 N–H and O–H groups in total. The zero-order valence-corrected chi connectivity index (χ0v) is 6.18. The molecule has 0 rings (SSSR count). The average Bonchev–Trinajstić information content (AvgIpc) is 1.89. The van der Waals surface area contributed by atoms with Gasteiger partial charge < -0.3 is 10.1 Å². The maximum Gasteiger partial charge on any atom is 0.119 e. The Balaban J connectivity index is 2.96. The van der Waals surface area contributed by atoms with Crippen molar-refractivity contribution in [1.29, 1.82) is 0 Å². The number of aldehydes is 1. The van der Waals surface area contributed by atoms with Crippen LogP contribution in [0.3, 0.4) is 0 Å². The summed E-state index contributed by atoms with van der Waals surface area (Å²) in [6.07, 6.45) is 3.77. The van der Waals surface area contributed by atoms with E-state index in [-0.39, 0.29) is 0 Å². The minimum atomic E-state index is 0.546. The van der Waals surface area contributed by atoms with E-state index in [0.717, 1.165) is 19.1 Å². The van der Waals surface area contributed by atoms with E-state index in [1.807, 2.05) is 7.05 Å². The van der Waals surface area contributed by atoms with Crippen molar-refractivity contribution in [1.82, 2.24) is 5.32 Å². The van der Waals surface area contributed by atoms with Crippen molar-refractivity contribution in [2.45, 2.75) is 32.2 Å². The van der Waals surface area contributed by atoms with Crippen LogP contribution in [0.2, 0.25) is 0 Å². The standard InChI is InChI=1S/C7H15NO/c1-7(8-2)5-3-4-6-9/h6-8H,3-5H2,1-2H3/t7-/m1/s1. The summed E-state index contributed by atoms with van der Waals surface area (Å²) in [7, 11) is 1.94. The van der Waals surface area contributed by atoms with E-state index < -0.39 is 0 Å². The van der Waals surface area contributed by atoms with Gasteiger partial charge in [0.05, 0.1) is 0 Å². The Kier molecular flexibility index (Phi) is 5.52. The molecule has 0 heterocycles. The van der Waals surface area contributed by atoms with Crippen molar-refractivity contribution in [3.05, 3.63) is 0 Å². The van der Waals surface area contributed by atoms with Crippen LogP contribution >= 0.6 is 0 Å². The molecule has 54 valence electrons. The second-order valence-corrected chi connectivity index (χ2v) is 2.29. The topological polar surface area (TPSA) is 29.1 Å². The van der Waals surface area contributed by atoms with Gasteiger partial charge in [0, 0.05) is 12.5 Å². The van der Waals surface area contributed by atoms with Gasteiger partial charge in [-0.3, -0.25) is 0 Å². The Morgan fingerprint density at radius 3 is 2.78 bits per heavy atom. The highest BCUT2D eigenvalue weighted by molar-refractivity contribution is 5.48. The number of nitrogens with one attached hydrogen (secondary N) is 1. The first kappa shape index (κ1) is 8.63. The fraction of sp³-hybridized carbons (Fsp3) is 0.857. The van der Waals surface area contributed by atoms with E-state index in [2.05, 4.69) is 12.2 Å². The number of carbonyl (C=O) groups is 1. The van der Waals surface area contributed by atoms with Gasteiger partial charge in [-0.25, -0.2) is 0 Å². The summed E-state index contributed by atoms with van der Waals surface area (Å²) in [5, 5.41) is 3.11. The predicted molar refractivity (Wildman–Crippen MR) is 38.4 cm³/mol. The molecule has 0 aromatic heterocycles. The van der Waals surface area contributed by atoms with Crippen LogP contribution in [0.25, 0.3) is 0 Å². The summed E-state index contributed by atoms with van der Waals surface area (Å²) >= 11 is 0. The van der Waals surface area contributed by atoms with E-state index in [0.29, 0.717) is 12.5 Å². The van der Waals surface area contributed by atoms with Crippen LogP contribution in [0.15, 0.2) is 0 Å². The molecule has 0 saturated heterocycles. The summed E-state index contributed by atoms with van der Waals surface area (Å²) in [5.41, 5.74) is 0. The van der Waals surface area contributed by atoms with Gasteiger partial charge >= 0.3 is 0 Å². The molecule has 0 fully saturated rings. The van der Waals surface area contributed by atoms with Gasteiger partial charge in [0.1, 0.15) is 6.29 Å². The van der Waals surface area contributed by atoms with Gasteiger partial charge in [-0.05, 0) is 26.8 Å². The third-order valence-electron chi connectivity index (χ3n) is 1.45. The van der Waals surface area contributed by atoms with Crippen molar-refractivity contribution in [2.75, 3.05) is 7.05 Å². The van der Waals surface area contributed by atoms with E-state index in [1.54, 1.807) is 0 Å². The summed E-state index contributed by atoms with van der Waals surface area (Å²) in [6, 6.07) is 0.546. The van der Waals surface area contributed by atoms with Crippen LogP contribution in [-0.2, 0) is 4.79 Å². The van der Waals surface area contributed by atoms with Crippen LogP contribution in [0, 0.1) is 0 Å². The van der Waals surface area contributed by atoms with Gasteiger partial charge in [0.15, 0.2) is 0 Å². The Hall–Kier alpha value is -0.370. The third kappa shape index (κ3) is 5.50. The van der Waals surface area contributed by atoms with Crippen molar-refractivity contribution in [3.8, 4) is 0 Å². The largest absolute Gasteiger partial charge is 0.317 e. The van der Waals surface area contributed by atoms with Gasteiger partial charge in [0.25, 0.3) is 0 Å². The normalized spacial score (nSPS) is 13.1. The first-order chi connectivity index (χ1) is 4.31. The summed E-state index contributed by atoms with van der Waals surface area (Å²) in [4.78, 5) is 9.85. The molecule has 0 unspecified atom stereocenters. The first-order valence-corrected chi connectivity index (χ1v) is 3.42. The highest BCUT2D eigenvalue weighted by atomic mass is 16.1. The van der Waals surface area contributed by atoms with Gasteiger partial charge in [-0.2, -0.15) is 0 Å². The first-order valence-electron chi connectivity index (χ1n) is 3.42. The molecule has 0 radical (unpaired) electrons. The zero-order chi connectivity index (χ0) is 7.11. The molecule has 0 aromatic rings. The Morgan fingerprint density at radius 1 is 1.67 bits per heavy atom. The molecule has 0 aliphatic carbocycles.